The molecule has 0 aliphatic heterocycles. The first kappa shape index (κ1) is 24.5. The Morgan fingerprint density at radius 1 is 0.868 bits per heavy atom. The van der Waals surface area contributed by atoms with Crippen molar-refractivity contribution in [3.63, 3.8) is 0 Å². The van der Waals surface area contributed by atoms with Gasteiger partial charge in [-0.3, -0.25) is 0 Å². The molecule has 1 aliphatic rings. The van der Waals surface area contributed by atoms with Crippen LogP contribution >= 0.6 is 23.2 Å². The van der Waals surface area contributed by atoms with Gasteiger partial charge in [0.1, 0.15) is 11.5 Å². The number of benzene rings is 3. The number of nitrogens with zero attached hydrogens (tertiary/aromatic N) is 4. The van der Waals surface area contributed by atoms with Crippen LogP contribution in [0.25, 0.3) is 28.5 Å². The minimum atomic E-state index is -0.285. The molecule has 1 aliphatic carbocycles. The highest BCUT2D eigenvalue weighted by molar-refractivity contribution is 6.35. The number of aromatic nitrogens is 4. The largest absolute Gasteiger partial charge is 0.497 e. The molecule has 7 nitrogen and oxygen atoms in total. The normalized spacial score (nSPS) is 13.9. The van der Waals surface area contributed by atoms with E-state index in [0.717, 1.165) is 46.7 Å². The molecule has 38 heavy (non-hydrogen) atoms. The Labute approximate surface area is 229 Å². The molecular weight excluding hydrogens is 523 g/mol. The van der Waals surface area contributed by atoms with E-state index >= 15 is 0 Å². The Morgan fingerprint density at radius 2 is 1.53 bits per heavy atom. The van der Waals surface area contributed by atoms with Crippen LogP contribution in [-0.2, 0) is 5.41 Å². The van der Waals surface area contributed by atoms with Crippen molar-refractivity contribution in [1.82, 2.24) is 20.0 Å². The summed E-state index contributed by atoms with van der Waals surface area (Å²) in [6.45, 7) is 1.99. The summed E-state index contributed by atoms with van der Waals surface area (Å²) in [5.74, 6) is 2.51. The lowest BCUT2D eigenvalue weighted by atomic mass is 9.96. The van der Waals surface area contributed by atoms with Gasteiger partial charge < -0.3 is 13.9 Å². The molecule has 9 heteroatoms. The fourth-order valence-corrected chi connectivity index (χ4v) is 5.28. The van der Waals surface area contributed by atoms with Gasteiger partial charge in [0.05, 0.1) is 36.0 Å². The second kappa shape index (κ2) is 9.49. The van der Waals surface area contributed by atoms with E-state index in [1.807, 2.05) is 49.4 Å². The molecule has 0 radical (unpaired) electrons. The average Bonchev–Trinajstić information content (AvgIpc) is 3.47. The third kappa shape index (κ3) is 4.12. The minimum Gasteiger partial charge on any atom is -0.497 e. The number of rotatable bonds is 7. The number of hydrogen-bond acceptors (Lipinski definition) is 6. The monoisotopic (exact) mass is 546 g/mol. The first-order valence-corrected chi connectivity index (χ1v) is 12.9. The second-order valence-corrected chi connectivity index (χ2v) is 10.1. The van der Waals surface area contributed by atoms with Gasteiger partial charge in [0, 0.05) is 16.1 Å². The fraction of sp³-hybridized carbons (Fsp3) is 0.207. The van der Waals surface area contributed by atoms with Gasteiger partial charge in [-0.25, -0.2) is 4.68 Å². The summed E-state index contributed by atoms with van der Waals surface area (Å²) in [6, 6.07) is 21.1. The van der Waals surface area contributed by atoms with E-state index < -0.39 is 0 Å². The maximum atomic E-state index is 6.61. The number of hydrogen-bond donors (Lipinski definition) is 0. The maximum Gasteiger partial charge on any atom is 0.268 e. The molecule has 2 heterocycles. The molecule has 192 valence electrons. The van der Waals surface area contributed by atoms with E-state index in [0.29, 0.717) is 33.2 Å². The van der Waals surface area contributed by atoms with Crippen molar-refractivity contribution in [2.75, 3.05) is 14.2 Å². The molecule has 5 aromatic rings. The van der Waals surface area contributed by atoms with Crippen LogP contribution in [0.5, 0.6) is 11.5 Å². The summed E-state index contributed by atoms with van der Waals surface area (Å²) in [5, 5.41) is 14.8. The molecule has 0 spiro atoms. The van der Waals surface area contributed by atoms with Gasteiger partial charge in [0.2, 0.25) is 5.89 Å². The molecule has 0 N–H and O–H groups in total. The first-order valence-electron chi connectivity index (χ1n) is 12.1. The van der Waals surface area contributed by atoms with E-state index in [9.17, 15) is 0 Å². The lowest BCUT2D eigenvalue weighted by Crippen LogP contribution is -2.09. The highest BCUT2D eigenvalue weighted by Gasteiger charge is 2.51. The Hall–Kier alpha value is -3.81. The maximum absolute atomic E-state index is 6.61. The van der Waals surface area contributed by atoms with Crippen molar-refractivity contribution >= 4 is 23.2 Å². The molecule has 0 bridgehead atoms. The van der Waals surface area contributed by atoms with E-state index in [-0.39, 0.29) is 5.41 Å². The zero-order valence-electron chi connectivity index (χ0n) is 21.0. The molecule has 2 aromatic heterocycles. The summed E-state index contributed by atoms with van der Waals surface area (Å²) in [6.07, 6.45) is 1.87. The van der Waals surface area contributed by atoms with E-state index in [4.69, 9.17) is 42.2 Å². The minimum absolute atomic E-state index is 0.285. The standard InChI is InChI=1S/C29H24Cl2N4O3/c1-17-25(27-32-33-28(38-27)29(14-15-29)19-6-11-22(37-3)12-7-19)34-35(24-13-8-20(30)16-23(24)31)26(17)18-4-9-21(36-2)10-5-18/h4-13,16H,14-15H2,1-3H3. The molecule has 0 saturated heterocycles. The van der Waals surface area contributed by atoms with Gasteiger partial charge in [0.15, 0.2) is 5.69 Å². The highest BCUT2D eigenvalue weighted by atomic mass is 35.5. The van der Waals surface area contributed by atoms with Crippen LogP contribution in [0.4, 0.5) is 0 Å². The molecular formula is C29H24Cl2N4O3. The molecule has 0 amide bonds. The quantitative estimate of drug-likeness (QED) is 0.213. The Kier molecular flexibility index (Phi) is 6.13. The lowest BCUT2D eigenvalue weighted by Gasteiger charge is -2.11. The van der Waals surface area contributed by atoms with Crippen LogP contribution in [-0.4, -0.2) is 34.2 Å². The molecule has 1 saturated carbocycles. The number of methoxy groups -OCH3 is 2. The lowest BCUT2D eigenvalue weighted by molar-refractivity contribution is 0.414. The van der Waals surface area contributed by atoms with Crippen LogP contribution in [0.1, 0.15) is 29.9 Å². The summed E-state index contributed by atoms with van der Waals surface area (Å²) in [5.41, 5.74) is 4.78. The summed E-state index contributed by atoms with van der Waals surface area (Å²) < 4.78 is 18.8. The zero-order valence-corrected chi connectivity index (χ0v) is 22.5. The van der Waals surface area contributed by atoms with Gasteiger partial charge in [-0.15, -0.1) is 10.2 Å². The SMILES string of the molecule is COc1ccc(-c2c(C)c(-c3nnc(C4(c5ccc(OC)cc5)CC4)o3)nn2-c2ccc(Cl)cc2Cl)cc1. The van der Waals surface area contributed by atoms with Crippen molar-refractivity contribution in [2.45, 2.75) is 25.2 Å². The van der Waals surface area contributed by atoms with Crippen molar-refractivity contribution in [2.24, 2.45) is 0 Å². The third-order valence-electron chi connectivity index (χ3n) is 7.05. The average molecular weight is 547 g/mol. The Balaban J connectivity index is 1.45. The van der Waals surface area contributed by atoms with Crippen molar-refractivity contribution < 1.29 is 13.9 Å². The summed E-state index contributed by atoms with van der Waals surface area (Å²) in [4.78, 5) is 0. The third-order valence-corrected chi connectivity index (χ3v) is 7.59. The van der Waals surface area contributed by atoms with Crippen LogP contribution < -0.4 is 9.47 Å². The highest BCUT2D eigenvalue weighted by Crippen LogP contribution is 2.53. The summed E-state index contributed by atoms with van der Waals surface area (Å²) >= 11 is 12.8. The molecule has 1 fully saturated rings. The van der Waals surface area contributed by atoms with Crippen molar-refractivity contribution in [1.29, 1.82) is 0 Å². The fourth-order valence-electron chi connectivity index (χ4n) is 4.79. The van der Waals surface area contributed by atoms with Crippen LogP contribution in [0.3, 0.4) is 0 Å². The van der Waals surface area contributed by atoms with Gasteiger partial charge >= 0.3 is 0 Å². The molecule has 6 rings (SSSR count). The van der Waals surface area contributed by atoms with Crippen molar-refractivity contribution in [3.8, 4) is 40.0 Å². The van der Waals surface area contributed by atoms with Gasteiger partial charge in [-0.2, -0.15) is 5.10 Å². The molecule has 0 unspecified atom stereocenters. The first-order chi connectivity index (χ1) is 18.4. The molecule has 3 aromatic carbocycles. The second-order valence-electron chi connectivity index (χ2n) is 9.28. The predicted molar refractivity (Wildman–Crippen MR) is 147 cm³/mol. The molecule has 0 atom stereocenters. The predicted octanol–water partition coefficient (Wildman–Crippen LogP) is 7.30. The zero-order chi connectivity index (χ0) is 26.4. The topological polar surface area (TPSA) is 75.2 Å². The Morgan fingerprint density at radius 3 is 2.13 bits per heavy atom. The Bertz CT molecular complexity index is 1620. The van der Waals surface area contributed by atoms with Crippen LogP contribution in [0, 0.1) is 6.92 Å². The van der Waals surface area contributed by atoms with E-state index in [1.54, 1.807) is 31.0 Å². The number of halogens is 2. The number of ether oxygens (including phenoxy) is 2. The van der Waals surface area contributed by atoms with Crippen LogP contribution in [0.15, 0.2) is 71.1 Å². The van der Waals surface area contributed by atoms with E-state index in [2.05, 4.69) is 22.3 Å². The summed E-state index contributed by atoms with van der Waals surface area (Å²) in [7, 11) is 3.30. The van der Waals surface area contributed by atoms with Gasteiger partial charge in [-0.1, -0.05) is 35.3 Å². The van der Waals surface area contributed by atoms with Crippen molar-refractivity contribution in [3.05, 3.63) is 93.8 Å². The van der Waals surface area contributed by atoms with Crippen LogP contribution in [0.2, 0.25) is 10.0 Å². The smallest absolute Gasteiger partial charge is 0.268 e. The van der Waals surface area contributed by atoms with E-state index in [1.165, 1.54) is 0 Å². The van der Waals surface area contributed by atoms with Gasteiger partial charge in [0.25, 0.3) is 5.89 Å². The van der Waals surface area contributed by atoms with Gasteiger partial charge in [-0.05, 0) is 79.9 Å².